The molecule has 0 bridgehead atoms. The highest BCUT2D eigenvalue weighted by atomic mass is 16.6. The van der Waals surface area contributed by atoms with Gasteiger partial charge in [-0.05, 0) is 47.6 Å². The molecule has 2 amide bonds. The molecule has 2 N–H and O–H groups in total. The second kappa shape index (κ2) is 9.58. The van der Waals surface area contributed by atoms with E-state index in [2.05, 4.69) is 10.6 Å². The molecule has 0 fully saturated rings. The Kier molecular flexibility index (Phi) is 8.96. The van der Waals surface area contributed by atoms with Crippen LogP contribution in [0.2, 0.25) is 0 Å². The number of alkyl carbamates (subject to hydrolysis) is 1. The van der Waals surface area contributed by atoms with Gasteiger partial charge in [-0.25, -0.2) is 4.79 Å². The van der Waals surface area contributed by atoms with E-state index in [1.54, 1.807) is 4.90 Å². The quantitative estimate of drug-likeness (QED) is 0.661. The monoisotopic (exact) mass is 287 g/mol. The Morgan fingerprint density at radius 2 is 1.70 bits per heavy atom. The van der Waals surface area contributed by atoms with Gasteiger partial charge < -0.3 is 20.3 Å². The van der Waals surface area contributed by atoms with Gasteiger partial charge >= 0.3 is 6.09 Å². The predicted octanol–water partition coefficient (Wildman–Crippen LogP) is 1.36. The van der Waals surface area contributed by atoms with Crippen molar-refractivity contribution in [3.63, 3.8) is 0 Å². The topological polar surface area (TPSA) is 70.7 Å². The van der Waals surface area contributed by atoms with Gasteiger partial charge in [0.05, 0.1) is 6.54 Å². The first-order chi connectivity index (χ1) is 9.30. The van der Waals surface area contributed by atoms with Gasteiger partial charge in [0.2, 0.25) is 5.91 Å². The van der Waals surface area contributed by atoms with Crippen molar-refractivity contribution < 1.29 is 14.3 Å². The van der Waals surface area contributed by atoms with Crippen molar-refractivity contribution in [3.8, 4) is 0 Å². The van der Waals surface area contributed by atoms with E-state index in [0.29, 0.717) is 19.6 Å². The molecule has 0 heterocycles. The van der Waals surface area contributed by atoms with Gasteiger partial charge in [-0.1, -0.05) is 0 Å². The number of hydrogen-bond donors (Lipinski definition) is 2. The Morgan fingerprint density at radius 1 is 1.10 bits per heavy atom. The summed E-state index contributed by atoms with van der Waals surface area (Å²) in [6, 6.07) is 0. The standard InChI is InChI=1S/C14H29N3O3/c1-6-17(7-2)12(18)11-15-9-8-10-16-13(19)20-14(3,4)5/h15H,6-11H2,1-5H3,(H,16,19). The van der Waals surface area contributed by atoms with Crippen LogP contribution in [0.15, 0.2) is 0 Å². The summed E-state index contributed by atoms with van der Waals surface area (Å²) in [6.45, 7) is 12.4. The minimum absolute atomic E-state index is 0.107. The highest BCUT2D eigenvalue weighted by molar-refractivity contribution is 5.78. The van der Waals surface area contributed by atoms with Gasteiger partial charge in [-0.15, -0.1) is 0 Å². The second-order valence-corrected chi connectivity index (χ2v) is 5.53. The maximum absolute atomic E-state index is 11.7. The number of rotatable bonds is 8. The van der Waals surface area contributed by atoms with Crippen molar-refractivity contribution >= 4 is 12.0 Å². The van der Waals surface area contributed by atoms with E-state index >= 15 is 0 Å². The lowest BCUT2D eigenvalue weighted by molar-refractivity contribution is -0.129. The molecule has 0 unspecified atom stereocenters. The van der Waals surface area contributed by atoms with Gasteiger partial charge in [-0.3, -0.25) is 4.79 Å². The van der Waals surface area contributed by atoms with E-state index in [1.807, 2.05) is 34.6 Å². The molecule has 118 valence electrons. The van der Waals surface area contributed by atoms with E-state index in [-0.39, 0.29) is 5.91 Å². The summed E-state index contributed by atoms with van der Waals surface area (Å²) in [5.41, 5.74) is -0.474. The van der Waals surface area contributed by atoms with Crippen molar-refractivity contribution in [2.75, 3.05) is 32.7 Å². The fourth-order valence-corrected chi connectivity index (χ4v) is 1.60. The Labute approximate surface area is 122 Å². The van der Waals surface area contributed by atoms with Crippen LogP contribution >= 0.6 is 0 Å². The van der Waals surface area contributed by atoms with Crippen LogP contribution < -0.4 is 10.6 Å². The number of nitrogens with one attached hydrogen (secondary N) is 2. The Bertz CT molecular complexity index is 297. The number of likely N-dealkylation sites (N-methyl/N-ethyl adjacent to an activating group) is 1. The lowest BCUT2D eigenvalue weighted by Crippen LogP contribution is -2.39. The Morgan fingerprint density at radius 3 is 2.20 bits per heavy atom. The smallest absolute Gasteiger partial charge is 0.407 e. The van der Waals surface area contributed by atoms with Gasteiger partial charge in [0.1, 0.15) is 5.60 Å². The molecule has 0 aliphatic carbocycles. The molecule has 0 saturated heterocycles. The molecule has 0 atom stereocenters. The molecule has 6 heteroatoms. The van der Waals surface area contributed by atoms with Crippen LogP contribution in [0, 0.1) is 0 Å². The zero-order valence-electron chi connectivity index (χ0n) is 13.4. The summed E-state index contributed by atoms with van der Waals surface area (Å²) in [7, 11) is 0. The molecule has 0 spiro atoms. The van der Waals surface area contributed by atoms with E-state index in [4.69, 9.17) is 4.74 Å². The number of hydrogen-bond acceptors (Lipinski definition) is 4. The molecule has 0 saturated carbocycles. The fraction of sp³-hybridized carbons (Fsp3) is 0.857. The van der Waals surface area contributed by atoms with Crippen LogP contribution in [0.4, 0.5) is 4.79 Å². The van der Waals surface area contributed by atoms with Gasteiger partial charge in [0.15, 0.2) is 0 Å². The average molecular weight is 287 g/mol. The summed E-state index contributed by atoms with van der Waals surface area (Å²) in [4.78, 5) is 24.8. The number of carbonyl (C=O) groups is 2. The number of ether oxygens (including phenoxy) is 1. The second-order valence-electron chi connectivity index (χ2n) is 5.53. The van der Waals surface area contributed by atoms with E-state index in [1.165, 1.54) is 0 Å². The summed E-state index contributed by atoms with van der Waals surface area (Å²) in [5, 5.41) is 5.75. The zero-order valence-corrected chi connectivity index (χ0v) is 13.4. The van der Waals surface area contributed by atoms with E-state index in [0.717, 1.165) is 19.5 Å². The lowest BCUT2D eigenvalue weighted by Gasteiger charge is -2.20. The van der Waals surface area contributed by atoms with Crippen LogP contribution in [0.5, 0.6) is 0 Å². The van der Waals surface area contributed by atoms with Gasteiger partial charge in [-0.2, -0.15) is 0 Å². The van der Waals surface area contributed by atoms with Crippen LogP contribution in [0.25, 0.3) is 0 Å². The van der Waals surface area contributed by atoms with Crippen LogP contribution in [-0.2, 0) is 9.53 Å². The Balaban J connectivity index is 3.59. The minimum Gasteiger partial charge on any atom is -0.444 e. The normalized spacial score (nSPS) is 11.1. The minimum atomic E-state index is -0.474. The molecule has 20 heavy (non-hydrogen) atoms. The number of amides is 2. The van der Waals surface area contributed by atoms with Crippen LogP contribution in [0.1, 0.15) is 41.0 Å². The first kappa shape index (κ1) is 18.7. The van der Waals surface area contributed by atoms with Crippen LogP contribution in [-0.4, -0.2) is 55.2 Å². The molecule has 0 radical (unpaired) electrons. The summed E-state index contributed by atoms with van der Waals surface area (Å²) >= 11 is 0. The Hall–Kier alpha value is -1.30. The van der Waals surface area contributed by atoms with E-state index in [9.17, 15) is 9.59 Å². The number of nitrogens with zero attached hydrogens (tertiary/aromatic N) is 1. The fourth-order valence-electron chi connectivity index (χ4n) is 1.60. The molecule has 0 aromatic carbocycles. The molecule has 0 aromatic heterocycles. The molecule has 0 aliphatic heterocycles. The van der Waals surface area contributed by atoms with Crippen LogP contribution in [0.3, 0.4) is 0 Å². The molecule has 0 aromatic rings. The van der Waals surface area contributed by atoms with E-state index < -0.39 is 11.7 Å². The third kappa shape index (κ3) is 9.61. The average Bonchev–Trinajstić information content (AvgIpc) is 2.32. The maximum atomic E-state index is 11.7. The summed E-state index contributed by atoms with van der Waals surface area (Å²) in [5.74, 6) is 0.107. The largest absolute Gasteiger partial charge is 0.444 e. The molecule has 6 nitrogen and oxygen atoms in total. The first-order valence-electron chi connectivity index (χ1n) is 7.25. The van der Waals surface area contributed by atoms with Crippen molar-refractivity contribution in [2.24, 2.45) is 0 Å². The first-order valence-corrected chi connectivity index (χ1v) is 7.25. The summed E-state index contributed by atoms with van der Waals surface area (Å²) < 4.78 is 5.11. The third-order valence-corrected chi connectivity index (χ3v) is 2.59. The van der Waals surface area contributed by atoms with Gasteiger partial charge in [0.25, 0.3) is 0 Å². The predicted molar refractivity (Wildman–Crippen MR) is 79.7 cm³/mol. The maximum Gasteiger partial charge on any atom is 0.407 e. The van der Waals surface area contributed by atoms with Crippen molar-refractivity contribution in [1.82, 2.24) is 15.5 Å². The zero-order chi connectivity index (χ0) is 15.6. The molecular weight excluding hydrogens is 258 g/mol. The number of carbonyl (C=O) groups excluding carboxylic acids is 2. The lowest BCUT2D eigenvalue weighted by atomic mass is 10.2. The highest BCUT2D eigenvalue weighted by Gasteiger charge is 2.15. The van der Waals surface area contributed by atoms with Crippen molar-refractivity contribution in [2.45, 2.75) is 46.6 Å². The van der Waals surface area contributed by atoms with Crippen molar-refractivity contribution in [3.05, 3.63) is 0 Å². The highest BCUT2D eigenvalue weighted by Crippen LogP contribution is 2.06. The molecule has 0 aliphatic rings. The van der Waals surface area contributed by atoms with Gasteiger partial charge in [0, 0.05) is 19.6 Å². The third-order valence-electron chi connectivity index (χ3n) is 2.59. The SMILES string of the molecule is CCN(CC)C(=O)CNCCCNC(=O)OC(C)(C)C. The summed E-state index contributed by atoms with van der Waals surface area (Å²) in [6.07, 6.45) is 0.349. The molecular formula is C14H29N3O3. The van der Waals surface area contributed by atoms with Crippen molar-refractivity contribution in [1.29, 1.82) is 0 Å². The molecule has 0 rings (SSSR count).